The minimum Gasteiger partial charge on any atom is -0.350 e. The van der Waals surface area contributed by atoms with Crippen molar-refractivity contribution in [3.63, 3.8) is 0 Å². The highest BCUT2D eigenvalue weighted by atomic mass is 35.5. The van der Waals surface area contributed by atoms with Gasteiger partial charge in [-0.15, -0.1) is 0 Å². The molecule has 98 valence electrons. The molecular weight excluding hydrogens is 271 g/mol. The van der Waals surface area contributed by atoms with Crippen molar-refractivity contribution in [2.45, 2.75) is 19.4 Å². The van der Waals surface area contributed by atoms with Crippen LogP contribution >= 0.6 is 23.2 Å². The van der Waals surface area contributed by atoms with Crippen molar-refractivity contribution in [2.24, 2.45) is 5.92 Å². The molecular formula is C13H16Cl2N2O. The van der Waals surface area contributed by atoms with E-state index < -0.39 is 0 Å². The minimum absolute atomic E-state index is 0.0695. The molecule has 1 saturated heterocycles. The van der Waals surface area contributed by atoms with E-state index in [2.05, 4.69) is 10.6 Å². The van der Waals surface area contributed by atoms with Crippen molar-refractivity contribution in [3.05, 3.63) is 33.8 Å². The van der Waals surface area contributed by atoms with Gasteiger partial charge < -0.3 is 10.6 Å². The third-order valence-electron chi connectivity index (χ3n) is 3.15. The van der Waals surface area contributed by atoms with Gasteiger partial charge in [0.1, 0.15) is 0 Å². The Kier molecular flexibility index (Phi) is 4.49. The minimum atomic E-state index is -0.102. The van der Waals surface area contributed by atoms with Gasteiger partial charge in [0.2, 0.25) is 5.91 Å². The zero-order valence-corrected chi connectivity index (χ0v) is 11.7. The van der Waals surface area contributed by atoms with E-state index >= 15 is 0 Å². The van der Waals surface area contributed by atoms with Crippen LogP contribution in [0.15, 0.2) is 18.2 Å². The molecule has 1 heterocycles. The second-order valence-corrected chi connectivity index (χ2v) is 5.53. The highest BCUT2D eigenvalue weighted by Crippen LogP contribution is 2.26. The van der Waals surface area contributed by atoms with Gasteiger partial charge in [0, 0.05) is 16.5 Å². The first-order valence-corrected chi connectivity index (χ1v) is 6.77. The van der Waals surface area contributed by atoms with E-state index in [9.17, 15) is 4.79 Å². The Morgan fingerprint density at radius 1 is 1.50 bits per heavy atom. The molecule has 5 heteroatoms. The van der Waals surface area contributed by atoms with Gasteiger partial charge in [0.15, 0.2) is 0 Å². The Balaban J connectivity index is 1.93. The Hall–Kier alpha value is -0.770. The number of carbonyl (C=O) groups is 1. The summed E-state index contributed by atoms with van der Waals surface area (Å²) in [5, 5.41) is 7.30. The third-order valence-corrected chi connectivity index (χ3v) is 3.71. The molecule has 1 aliphatic heterocycles. The van der Waals surface area contributed by atoms with E-state index in [4.69, 9.17) is 23.2 Å². The van der Waals surface area contributed by atoms with Crippen LogP contribution in [0.3, 0.4) is 0 Å². The van der Waals surface area contributed by atoms with E-state index in [0.717, 1.165) is 18.7 Å². The van der Waals surface area contributed by atoms with E-state index in [-0.39, 0.29) is 11.9 Å². The normalized spacial score (nSPS) is 17.1. The molecule has 0 radical (unpaired) electrons. The molecule has 0 bridgehead atoms. The maximum absolute atomic E-state index is 11.8. The average Bonchev–Trinajstić information content (AvgIpc) is 2.23. The van der Waals surface area contributed by atoms with Crippen LogP contribution in [0.2, 0.25) is 10.0 Å². The van der Waals surface area contributed by atoms with E-state index in [1.807, 2.05) is 13.0 Å². The topological polar surface area (TPSA) is 41.1 Å². The summed E-state index contributed by atoms with van der Waals surface area (Å²) >= 11 is 12.0. The molecule has 3 nitrogen and oxygen atoms in total. The van der Waals surface area contributed by atoms with E-state index in [1.54, 1.807) is 12.1 Å². The van der Waals surface area contributed by atoms with Gasteiger partial charge in [0.05, 0.1) is 6.04 Å². The lowest BCUT2D eigenvalue weighted by molar-refractivity contribution is -0.123. The molecule has 1 unspecified atom stereocenters. The molecule has 1 aliphatic rings. The van der Waals surface area contributed by atoms with Gasteiger partial charge >= 0.3 is 0 Å². The second kappa shape index (κ2) is 5.91. The third kappa shape index (κ3) is 3.37. The molecule has 18 heavy (non-hydrogen) atoms. The number of halogens is 2. The summed E-state index contributed by atoms with van der Waals surface area (Å²) in [5.41, 5.74) is 0.890. The number of amides is 1. The van der Waals surface area contributed by atoms with E-state index in [0.29, 0.717) is 22.4 Å². The Bertz CT molecular complexity index is 447. The van der Waals surface area contributed by atoms with Crippen molar-refractivity contribution in [1.82, 2.24) is 10.6 Å². The largest absolute Gasteiger partial charge is 0.350 e. The highest BCUT2D eigenvalue weighted by molar-refractivity contribution is 6.35. The van der Waals surface area contributed by atoms with Crippen molar-refractivity contribution in [2.75, 3.05) is 13.1 Å². The second-order valence-electron chi connectivity index (χ2n) is 4.68. The van der Waals surface area contributed by atoms with Gasteiger partial charge in [0.25, 0.3) is 0 Å². The number of hydrogen-bond donors (Lipinski definition) is 2. The Morgan fingerprint density at radius 3 is 2.78 bits per heavy atom. The predicted octanol–water partition coefficient (Wildman–Crippen LogP) is 2.78. The number of benzene rings is 1. The number of hydrogen-bond acceptors (Lipinski definition) is 2. The first kappa shape index (κ1) is 13.7. The SMILES string of the molecule is CC(NC(=O)CC1CNC1)c1ccc(Cl)cc1Cl. The van der Waals surface area contributed by atoms with Gasteiger partial charge in [-0.2, -0.15) is 0 Å². The molecule has 1 fully saturated rings. The molecule has 2 N–H and O–H groups in total. The molecule has 0 aromatic heterocycles. The molecule has 1 aromatic rings. The summed E-state index contributed by atoms with van der Waals surface area (Å²) in [4.78, 5) is 11.8. The zero-order chi connectivity index (χ0) is 13.1. The van der Waals surface area contributed by atoms with Crippen LogP contribution < -0.4 is 10.6 Å². The fourth-order valence-corrected chi connectivity index (χ4v) is 2.56. The first-order chi connectivity index (χ1) is 8.56. The highest BCUT2D eigenvalue weighted by Gasteiger charge is 2.21. The number of nitrogens with one attached hydrogen (secondary N) is 2. The van der Waals surface area contributed by atoms with Gasteiger partial charge in [-0.05, 0) is 43.6 Å². The molecule has 1 amide bonds. The van der Waals surface area contributed by atoms with Crippen LogP contribution in [-0.2, 0) is 4.79 Å². The summed E-state index contributed by atoms with van der Waals surface area (Å²) in [6, 6.07) is 5.22. The molecule has 0 spiro atoms. The zero-order valence-electron chi connectivity index (χ0n) is 10.2. The molecule has 2 rings (SSSR count). The molecule has 1 aromatic carbocycles. The monoisotopic (exact) mass is 286 g/mol. The predicted molar refractivity (Wildman–Crippen MR) is 74.0 cm³/mol. The quantitative estimate of drug-likeness (QED) is 0.894. The van der Waals surface area contributed by atoms with Crippen LogP contribution in [0.4, 0.5) is 0 Å². The Labute approximate surface area is 117 Å². The van der Waals surface area contributed by atoms with Crippen LogP contribution in [0.5, 0.6) is 0 Å². The lowest BCUT2D eigenvalue weighted by Crippen LogP contribution is -2.44. The summed E-state index contributed by atoms with van der Waals surface area (Å²) in [5.74, 6) is 0.540. The summed E-state index contributed by atoms with van der Waals surface area (Å²) < 4.78 is 0. The smallest absolute Gasteiger partial charge is 0.220 e. The lowest BCUT2D eigenvalue weighted by Gasteiger charge is -2.27. The fourth-order valence-electron chi connectivity index (χ4n) is 1.99. The lowest BCUT2D eigenvalue weighted by atomic mass is 9.98. The van der Waals surface area contributed by atoms with Crippen LogP contribution in [-0.4, -0.2) is 19.0 Å². The van der Waals surface area contributed by atoms with Gasteiger partial charge in [-0.3, -0.25) is 4.79 Å². The first-order valence-electron chi connectivity index (χ1n) is 6.01. The summed E-state index contributed by atoms with van der Waals surface area (Å²) in [6.07, 6.45) is 0.572. The molecule has 0 saturated carbocycles. The van der Waals surface area contributed by atoms with Crippen molar-refractivity contribution in [1.29, 1.82) is 0 Å². The van der Waals surface area contributed by atoms with E-state index in [1.165, 1.54) is 0 Å². The average molecular weight is 287 g/mol. The fraction of sp³-hybridized carbons (Fsp3) is 0.462. The van der Waals surface area contributed by atoms with Crippen molar-refractivity contribution in [3.8, 4) is 0 Å². The molecule has 0 aliphatic carbocycles. The number of rotatable bonds is 4. The van der Waals surface area contributed by atoms with Crippen LogP contribution in [0, 0.1) is 5.92 Å². The standard InChI is InChI=1S/C13H16Cl2N2O/c1-8(11-3-2-10(14)5-12(11)15)17-13(18)4-9-6-16-7-9/h2-3,5,8-9,16H,4,6-7H2,1H3,(H,17,18). The maximum atomic E-state index is 11.8. The Morgan fingerprint density at radius 2 is 2.22 bits per heavy atom. The number of carbonyl (C=O) groups excluding carboxylic acids is 1. The summed E-state index contributed by atoms with van der Waals surface area (Å²) in [6.45, 7) is 3.79. The maximum Gasteiger partial charge on any atom is 0.220 e. The summed E-state index contributed by atoms with van der Waals surface area (Å²) in [7, 11) is 0. The van der Waals surface area contributed by atoms with Gasteiger partial charge in [-0.1, -0.05) is 29.3 Å². The van der Waals surface area contributed by atoms with Crippen LogP contribution in [0.25, 0.3) is 0 Å². The molecule has 1 atom stereocenters. The van der Waals surface area contributed by atoms with Crippen molar-refractivity contribution < 1.29 is 4.79 Å². The van der Waals surface area contributed by atoms with Crippen molar-refractivity contribution >= 4 is 29.1 Å². The van der Waals surface area contributed by atoms with Gasteiger partial charge in [-0.25, -0.2) is 0 Å². The van der Waals surface area contributed by atoms with Crippen LogP contribution in [0.1, 0.15) is 24.9 Å².